The molecule has 0 radical (unpaired) electrons. The topological polar surface area (TPSA) is 62.2 Å². The van der Waals surface area contributed by atoms with Crippen molar-refractivity contribution in [2.45, 2.75) is 25.7 Å². The summed E-state index contributed by atoms with van der Waals surface area (Å²) in [6, 6.07) is 3.23. The predicted octanol–water partition coefficient (Wildman–Crippen LogP) is 2.02. The van der Waals surface area contributed by atoms with Gasteiger partial charge in [-0.25, -0.2) is 4.98 Å². The number of amides is 1. The van der Waals surface area contributed by atoms with E-state index in [1.807, 2.05) is 0 Å². The highest BCUT2D eigenvalue weighted by Gasteiger charge is 2.33. The minimum Gasteiger partial charge on any atom is -0.396 e. The van der Waals surface area contributed by atoms with Gasteiger partial charge < -0.3 is 10.4 Å². The van der Waals surface area contributed by atoms with Gasteiger partial charge in [0, 0.05) is 18.2 Å². The molecule has 2 rings (SSSR count). The molecule has 1 heterocycles. The fourth-order valence-electron chi connectivity index (χ4n) is 2.38. The molecule has 1 aliphatic carbocycles. The first kappa shape index (κ1) is 13.3. The van der Waals surface area contributed by atoms with Crippen molar-refractivity contribution in [1.82, 2.24) is 10.3 Å². The first-order valence-electron chi connectivity index (χ1n) is 6.16. The van der Waals surface area contributed by atoms with Crippen molar-refractivity contribution < 1.29 is 9.90 Å². The highest BCUT2D eigenvalue weighted by Crippen LogP contribution is 2.36. The van der Waals surface area contributed by atoms with Crippen LogP contribution in [0.4, 0.5) is 0 Å². The van der Waals surface area contributed by atoms with Gasteiger partial charge in [0.25, 0.3) is 5.91 Å². The molecule has 1 aromatic heterocycles. The van der Waals surface area contributed by atoms with Gasteiger partial charge in [0.2, 0.25) is 0 Å². The number of aliphatic hydroxyl groups is 1. The van der Waals surface area contributed by atoms with Gasteiger partial charge in [-0.1, -0.05) is 24.4 Å². The van der Waals surface area contributed by atoms with Crippen LogP contribution >= 0.6 is 11.6 Å². The van der Waals surface area contributed by atoms with Gasteiger partial charge >= 0.3 is 0 Å². The fourth-order valence-corrected chi connectivity index (χ4v) is 2.50. The molecule has 0 saturated heterocycles. The van der Waals surface area contributed by atoms with E-state index < -0.39 is 0 Å². The standard InChI is InChI=1S/C13H17ClN2O2/c14-10-3-4-11(15-7-10)12(18)16-8-13(9-17)5-1-2-6-13/h3-4,7,17H,1-2,5-6,8-9H2,(H,16,18). The number of carbonyl (C=O) groups is 1. The minimum atomic E-state index is -0.216. The van der Waals surface area contributed by atoms with Gasteiger partial charge in [0.15, 0.2) is 0 Å². The Bertz CT molecular complexity index is 414. The molecule has 98 valence electrons. The van der Waals surface area contributed by atoms with Crippen LogP contribution in [0.15, 0.2) is 18.3 Å². The van der Waals surface area contributed by atoms with Gasteiger partial charge in [-0.3, -0.25) is 4.79 Å². The van der Waals surface area contributed by atoms with E-state index in [-0.39, 0.29) is 17.9 Å². The third-order valence-corrected chi connectivity index (χ3v) is 3.81. The summed E-state index contributed by atoms with van der Waals surface area (Å²) in [5.41, 5.74) is 0.215. The van der Waals surface area contributed by atoms with Crippen LogP contribution in [0.1, 0.15) is 36.2 Å². The first-order valence-corrected chi connectivity index (χ1v) is 6.54. The van der Waals surface area contributed by atoms with E-state index in [9.17, 15) is 9.90 Å². The SMILES string of the molecule is O=C(NCC1(CO)CCCC1)c1ccc(Cl)cn1. The number of aliphatic hydroxyl groups excluding tert-OH is 1. The molecule has 1 amide bonds. The summed E-state index contributed by atoms with van der Waals surface area (Å²) in [4.78, 5) is 15.8. The third-order valence-electron chi connectivity index (χ3n) is 3.58. The molecular formula is C13H17ClN2O2. The van der Waals surface area contributed by atoms with Crippen molar-refractivity contribution in [3.63, 3.8) is 0 Å². The van der Waals surface area contributed by atoms with Crippen LogP contribution in [0.5, 0.6) is 0 Å². The molecule has 4 nitrogen and oxygen atoms in total. The van der Waals surface area contributed by atoms with Crippen LogP contribution in [0.3, 0.4) is 0 Å². The lowest BCUT2D eigenvalue weighted by Gasteiger charge is -2.26. The smallest absolute Gasteiger partial charge is 0.269 e. The number of aromatic nitrogens is 1. The lowest BCUT2D eigenvalue weighted by molar-refractivity contribution is 0.0876. The molecule has 0 unspecified atom stereocenters. The third kappa shape index (κ3) is 3.00. The number of hydrogen-bond acceptors (Lipinski definition) is 3. The Morgan fingerprint density at radius 2 is 2.17 bits per heavy atom. The van der Waals surface area contributed by atoms with Crippen molar-refractivity contribution in [3.05, 3.63) is 29.0 Å². The number of nitrogens with one attached hydrogen (secondary N) is 1. The van der Waals surface area contributed by atoms with Crippen LogP contribution in [-0.2, 0) is 0 Å². The van der Waals surface area contributed by atoms with Gasteiger partial charge in [-0.15, -0.1) is 0 Å². The zero-order chi connectivity index (χ0) is 13.0. The van der Waals surface area contributed by atoms with Crippen molar-refractivity contribution >= 4 is 17.5 Å². The van der Waals surface area contributed by atoms with Crippen LogP contribution < -0.4 is 5.32 Å². The van der Waals surface area contributed by atoms with Gasteiger partial charge in [-0.2, -0.15) is 0 Å². The number of hydrogen-bond donors (Lipinski definition) is 2. The highest BCUT2D eigenvalue weighted by atomic mass is 35.5. The van der Waals surface area contributed by atoms with E-state index in [2.05, 4.69) is 10.3 Å². The average Bonchev–Trinajstić information content (AvgIpc) is 2.86. The maximum absolute atomic E-state index is 11.9. The Balaban J connectivity index is 1.93. The van der Waals surface area contributed by atoms with Crippen LogP contribution in [0.2, 0.25) is 5.02 Å². The van der Waals surface area contributed by atoms with E-state index >= 15 is 0 Å². The molecule has 0 atom stereocenters. The van der Waals surface area contributed by atoms with E-state index in [4.69, 9.17) is 11.6 Å². The maximum atomic E-state index is 11.9. The Morgan fingerprint density at radius 1 is 1.44 bits per heavy atom. The second-order valence-electron chi connectivity index (χ2n) is 4.91. The molecule has 1 saturated carbocycles. The summed E-state index contributed by atoms with van der Waals surface area (Å²) in [5, 5.41) is 12.8. The summed E-state index contributed by atoms with van der Waals surface area (Å²) < 4.78 is 0. The fraction of sp³-hybridized carbons (Fsp3) is 0.538. The van der Waals surface area contributed by atoms with Crippen molar-refractivity contribution in [2.75, 3.05) is 13.2 Å². The lowest BCUT2D eigenvalue weighted by Crippen LogP contribution is -2.38. The average molecular weight is 269 g/mol. The second-order valence-corrected chi connectivity index (χ2v) is 5.35. The Kier molecular flexibility index (Phi) is 4.19. The van der Waals surface area contributed by atoms with Crippen molar-refractivity contribution in [1.29, 1.82) is 0 Å². The number of carbonyl (C=O) groups excluding carboxylic acids is 1. The molecule has 0 spiro atoms. The summed E-state index contributed by atoms with van der Waals surface area (Å²) in [5.74, 6) is -0.216. The van der Waals surface area contributed by atoms with E-state index in [1.54, 1.807) is 12.1 Å². The Hall–Kier alpha value is -1.13. The number of halogens is 1. The van der Waals surface area contributed by atoms with Crippen LogP contribution in [-0.4, -0.2) is 29.1 Å². The largest absolute Gasteiger partial charge is 0.396 e. The van der Waals surface area contributed by atoms with Gasteiger partial charge in [-0.05, 0) is 25.0 Å². The van der Waals surface area contributed by atoms with Crippen LogP contribution in [0, 0.1) is 5.41 Å². The van der Waals surface area contributed by atoms with Gasteiger partial charge in [0.1, 0.15) is 5.69 Å². The molecule has 1 fully saturated rings. The lowest BCUT2D eigenvalue weighted by atomic mass is 9.87. The van der Waals surface area contributed by atoms with E-state index in [1.165, 1.54) is 6.20 Å². The van der Waals surface area contributed by atoms with E-state index in [0.717, 1.165) is 25.7 Å². The first-order chi connectivity index (χ1) is 8.65. The molecule has 0 bridgehead atoms. The second kappa shape index (κ2) is 5.67. The normalized spacial score (nSPS) is 17.7. The molecular weight excluding hydrogens is 252 g/mol. The predicted molar refractivity (Wildman–Crippen MR) is 69.6 cm³/mol. The molecule has 1 aromatic rings. The summed E-state index contributed by atoms with van der Waals surface area (Å²) in [6.07, 6.45) is 5.63. The maximum Gasteiger partial charge on any atom is 0.269 e. The Morgan fingerprint density at radius 3 is 2.72 bits per heavy atom. The number of rotatable bonds is 4. The summed E-state index contributed by atoms with van der Waals surface area (Å²) in [7, 11) is 0. The monoisotopic (exact) mass is 268 g/mol. The number of nitrogens with zero attached hydrogens (tertiary/aromatic N) is 1. The molecule has 0 aliphatic heterocycles. The van der Waals surface area contributed by atoms with Gasteiger partial charge in [0.05, 0.1) is 11.6 Å². The van der Waals surface area contributed by atoms with E-state index in [0.29, 0.717) is 17.3 Å². The van der Waals surface area contributed by atoms with Crippen molar-refractivity contribution in [2.24, 2.45) is 5.41 Å². The summed E-state index contributed by atoms with van der Waals surface area (Å²) in [6.45, 7) is 0.633. The Labute approximate surface area is 111 Å². The number of pyridine rings is 1. The molecule has 5 heteroatoms. The zero-order valence-corrected chi connectivity index (χ0v) is 10.9. The molecule has 2 N–H and O–H groups in total. The summed E-state index contributed by atoms with van der Waals surface area (Å²) >= 11 is 5.71. The molecule has 1 aliphatic rings. The zero-order valence-electron chi connectivity index (χ0n) is 10.2. The highest BCUT2D eigenvalue weighted by molar-refractivity contribution is 6.30. The molecule has 0 aromatic carbocycles. The van der Waals surface area contributed by atoms with Crippen LogP contribution in [0.25, 0.3) is 0 Å². The minimum absolute atomic E-state index is 0.126. The molecule has 18 heavy (non-hydrogen) atoms. The van der Waals surface area contributed by atoms with Crippen molar-refractivity contribution in [3.8, 4) is 0 Å². The quantitative estimate of drug-likeness (QED) is 0.878.